The Bertz CT molecular complexity index is 1580. The Labute approximate surface area is 264 Å². The highest BCUT2D eigenvalue weighted by molar-refractivity contribution is 6.31. The van der Waals surface area contributed by atoms with Crippen LogP contribution in [0.4, 0.5) is 0 Å². The molecule has 2 aromatic carbocycles. The maximum Gasteiger partial charge on any atom is 0.202 e. The molecule has 14 nitrogen and oxygen atoms in total. The van der Waals surface area contributed by atoms with Crippen LogP contribution < -0.4 is 10.5 Å². The zero-order chi connectivity index (χ0) is 33.1. The number of hydrogen-bond acceptors (Lipinski definition) is 14. The van der Waals surface area contributed by atoms with Gasteiger partial charge in [0.15, 0.2) is 24.1 Å². The van der Waals surface area contributed by atoms with Crippen LogP contribution in [0.3, 0.4) is 0 Å². The molecule has 0 unspecified atom stereocenters. The van der Waals surface area contributed by atoms with Gasteiger partial charge in [-0.1, -0.05) is 12.1 Å². The van der Waals surface area contributed by atoms with E-state index in [0.29, 0.717) is 19.7 Å². The zero-order valence-corrected chi connectivity index (χ0v) is 25.7. The summed E-state index contributed by atoms with van der Waals surface area (Å²) in [4.78, 5) is 42.6. The topological polar surface area (TPSA) is 208 Å². The molecule has 2 heterocycles. The molecular weight excluding hydrogens is 604 g/mol. The summed E-state index contributed by atoms with van der Waals surface area (Å²) in [6, 6.07) is 3.99. The Kier molecular flexibility index (Phi) is 8.67. The summed E-state index contributed by atoms with van der Waals surface area (Å²) >= 11 is 0. The highest BCUT2D eigenvalue weighted by atomic mass is 16.7. The molecule has 4 aliphatic rings. The number of methoxy groups -OCH3 is 2. The quantitative estimate of drug-likeness (QED) is 0.220. The second kappa shape index (κ2) is 12.3. The lowest BCUT2D eigenvalue weighted by Gasteiger charge is -2.47. The van der Waals surface area contributed by atoms with Gasteiger partial charge in [0.1, 0.15) is 22.8 Å². The summed E-state index contributed by atoms with van der Waals surface area (Å²) in [6.45, 7) is 2.44. The van der Waals surface area contributed by atoms with Crippen molar-refractivity contribution in [3.05, 3.63) is 51.6 Å². The van der Waals surface area contributed by atoms with Crippen LogP contribution in [-0.4, -0.2) is 120 Å². The largest absolute Gasteiger partial charge is 0.507 e. The van der Waals surface area contributed by atoms with Gasteiger partial charge in [-0.2, -0.15) is 0 Å². The first kappa shape index (κ1) is 32.5. The maximum absolute atomic E-state index is 13.9. The van der Waals surface area contributed by atoms with E-state index >= 15 is 0 Å². The molecule has 2 aromatic rings. The number of hydrogen-bond donors (Lipinski definition) is 5. The third-order valence-corrected chi connectivity index (χ3v) is 9.57. The second-order valence-electron chi connectivity index (χ2n) is 12.1. The van der Waals surface area contributed by atoms with Gasteiger partial charge >= 0.3 is 0 Å². The van der Waals surface area contributed by atoms with Gasteiger partial charge in [-0.3, -0.25) is 19.3 Å². The highest BCUT2D eigenvalue weighted by Crippen LogP contribution is 2.52. The number of ketones is 3. The van der Waals surface area contributed by atoms with E-state index in [9.17, 15) is 34.8 Å². The summed E-state index contributed by atoms with van der Waals surface area (Å²) < 4.78 is 28.7. The van der Waals surface area contributed by atoms with Crippen molar-refractivity contribution in [3.8, 4) is 17.2 Å². The predicted molar refractivity (Wildman–Crippen MR) is 158 cm³/mol. The van der Waals surface area contributed by atoms with Gasteiger partial charge in [-0.05, 0) is 13.0 Å². The van der Waals surface area contributed by atoms with Crippen molar-refractivity contribution in [1.82, 2.24) is 4.90 Å². The zero-order valence-electron chi connectivity index (χ0n) is 25.7. The van der Waals surface area contributed by atoms with E-state index in [4.69, 9.17) is 29.4 Å². The van der Waals surface area contributed by atoms with Gasteiger partial charge in [-0.15, -0.1) is 0 Å². The average Bonchev–Trinajstić information content (AvgIpc) is 3.05. The van der Waals surface area contributed by atoms with Gasteiger partial charge in [0.05, 0.1) is 55.3 Å². The lowest BCUT2D eigenvalue weighted by atomic mass is 9.71. The van der Waals surface area contributed by atoms with Gasteiger partial charge in [0.2, 0.25) is 5.78 Å². The SMILES string of the molecule is COc1cccc2c1C(=O)c1c(O)c3c(c(O)c1C2=O)C[C@@](O)(C(=O)CN)C[C@@H]3O[C@H]1C[C@H](N2CCO[C@H](OC)C2)[C@H](O)[C@H](C)O1. The molecule has 7 atom stereocenters. The lowest BCUT2D eigenvalue weighted by Crippen LogP contribution is -2.59. The van der Waals surface area contributed by atoms with Crippen LogP contribution in [0.15, 0.2) is 18.2 Å². The lowest BCUT2D eigenvalue weighted by molar-refractivity contribution is -0.266. The number of aliphatic hydroxyl groups excluding tert-OH is 1. The molecule has 2 aliphatic carbocycles. The molecule has 248 valence electrons. The summed E-state index contributed by atoms with van der Waals surface area (Å²) in [5.74, 6) is -3.40. The van der Waals surface area contributed by atoms with Gasteiger partial charge in [0.25, 0.3) is 0 Å². The number of carbonyl (C=O) groups excluding carboxylic acids is 3. The Morgan fingerprint density at radius 3 is 2.54 bits per heavy atom. The number of aromatic hydroxyl groups is 2. The van der Waals surface area contributed by atoms with Crippen molar-refractivity contribution in [2.24, 2.45) is 5.73 Å². The van der Waals surface area contributed by atoms with Crippen molar-refractivity contribution in [1.29, 1.82) is 0 Å². The van der Waals surface area contributed by atoms with Crippen LogP contribution in [0.25, 0.3) is 0 Å². The number of benzene rings is 2. The molecule has 0 saturated carbocycles. The minimum absolute atomic E-state index is 0.0311. The maximum atomic E-state index is 13.9. The summed E-state index contributed by atoms with van der Waals surface area (Å²) in [7, 11) is 2.87. The molecule has 0 amide bonds. The molecule has 0 spiro atoms. The number of phenolic OH excluding ortho intramolecular Hbond substituents is 2. The third kappa shape index (κ3) is 5.18. The van der Waals surface area contributed by atoms with Crippen LogP contribution in [0.5, 0.6) is 17.2 Å². The van der Waals surface area contributed by atoms with E-state index in [1.165, 1.54) is 32.4 Å². The Hall–Kier alpha value is -3.47. The van der Waals surface area contributed by atoms with E-state index in [1.54, 1.807) is 6.92 Å². The monoisotopic (exact) mass is 642 g/mol. The second-order valence-corrected chi connectivity index (χ2v) is 12.1. The molecule has 46 heavy (non-hydrogen) atoms. The van der Waals surface area contributed by atoms with E-state index < -0.39 is 102 Å². The molecular formula is C32H38N2O12. The number of phenols is 2. The number of ether oxygens (including phenoxy) is 5. The van der Waals surface area contributed by atoms with E-state index in [-0.39, 0.29) is 34.4 Å². The molecule has 6 rings (SSSR count). The summed E-state index contributed by atoms with van der Waals surface area (Å²) in [5, 5.41) is 45.9. The van der Waals surface area contributed by atoms with E-state index in [1.807, 2.05) is 4.90 Å². The first-order valence-corrected chi connectivity index (χ1v) is 15.1. The van der Waals surface area contributed by atoms with Crippen LogP contribution in [-0.2, 0) is 30.2 Å². The fraction of sp³-hybridized carbons (Fsp3) is 0.531. The Morgan fingerprint density at radius 2 is 1.85 bits per heavy atom. The van der Waals surface area contributed by atoms with Crippen molar-refractivity contribution in [3.63, 3.8) is 0 Å². The van der Waals surface area contributed by atoms with Gasteiger partial charge < -0.3 is 49.8 Å². The minimum Gasteiger partial charge on any atom is -0.507 e. The molecule has 0 aromatic heterocycles. The number of fused-ring (bicyclic) bond motifs is 3. The van der Waals surface area contributed by atoms with E-state index in [2.05, 4.69) is 0 Å². The number of nitrogens with two attached hydrogens (primary N) is 1. The molecule has 0 bridgehead atoms. The molecule has 2 saturated heterocycles. The molecule has 0 radical (unpaired) electrons. The number of carbonyl (C=O) groups is 3. The number of Topliss-reactive ketones (excluding diaryl/α,β-unsaturated/α-hetero) is 1. The number of nitrogens with zero attached hydrogens (tertiary/aromatic N) is 1. The highest BCUT2D eigenvalue weighted by Gasteiger charge is 2.50. The standard InChI is InChI=1S/C32H38N2O12/c1-14-27(36)17(34-7-8-44-22(13-34)43-3)9-21(45-14)46-19-11-32(41,20(35)12-33)10-16-24(19)31(40)26-25(29(16)38)28(37)15-5-4-6-18(42-2)23(15)30(26)39/h4-6,14,17,19,21-22,27,36,38,40-41H,7-13,33H2,1-3H3/t14-,17-,19-,21-,22-,27+,32-/m0/s1. The molecule has 14 heteroatoms. The fourth-order valence-electron chi connectivity index (χ4n) is 7.18. The Balaban J connectivity index is 1.43. The van der Waals surface area contributed by atoms with Crippen LogP contribution >= 0.6 is 0 Å². The fourth-order valence-corrected chi connectivity index (χ4v) is 7.18. The van der Waals surface area contributed by atoms with Crippen LogP contribution in [0.2, 0.25) is 0 Å². The van der Waals surface area contributed by atoms with E-state index in [0.717, 1.165) is 0 Å². The van der Waals surface area contributed by atoms with Crippen LogP contribution in [0.1, 0.15) is 68.8 Å². The number of rotatable bonds is 7. The van der Waals surface area contributed by atoms with Crippen molar-refractivity contribution >= 4 is 17.3 Å². The number of aliphatic hydroxyl groups is 2. The Morgan fingerprint density at radius 1 is 1.11 bits per heavy atom. The van der Waals surface area contributed by atoms with Crippen molar-refractivity contribution < 1.29 is 58.5 Å². The number of morpholine rings is 1. The molecule has 2 aliphatic heterocycles. The summed E-state index contributed by atoms with van der Waals surface area (Å²) in [5.41, 5.74) is 2.34. The third-order valence-electron chi connectivity index (χ3n) is 9.57. The van der Waals surface area contributed by atoms with Crippen molar-refractivity contribution in [2.45, 2.75) is 68.7 Å². The van der Waals surface area contributed by atoms with Gasteiger partial charge in [-0.25, -0.2) is 0 Å². The summed E-state index contributed by atoms with van der Waals surface area (Å²) in [6.07, 6.45) is -5.14. The first-order valence-electron chi connectivity index (χ1n) is 15.1. The molecule has 6 N–H and O–H groups in total. The normalized spacial score (nSPS) is 31.2. The van der Waals surface area contributed by atoms with Crippen LogP contribution in [0, 0.1) is 0 Å². The van der Waals surface area contributed by atoms with Gasteiger partial charge in [0, 0.05) is 62.2 Å². The minimum atomic E-state index is -2.14. The van der Waals surface area contributed by atoms with Crippen molar-refractivity contribution in [2.75, 3.05) is 40.5 Å². The average molecular weight is 643 g/mol. The molecule has 2 fully saturated rings. The smallest absolute Gasteiger partial charge is 0.202 e. The predicted octanol–water partition coefficient (Wildman–Crippen LogP) is 0.314. The first-order chi connectivity index (χ1) is 21.9.